The van der Waals surface area contributed by atoms with Crippen molar-refractivity contribution in [1.29, 1.82) is 0 Å². The van der Waals surface area contributed by atoms with Crippen LogP contribution in [0, 0.1) is 5.92 Å². The second kappa shape index (κ2) is 6.04. The van der Waals surface area contributed by atoms with Crippen molar-refractivity contribution < 1.29 is 9.90 Å². The molecule has 0 unspecified atom stereocenters. The Labute approximate surface area is 121 Å². The molecule has 0 aliphatic rings. The van der Waals surface area contributed by atoms with Crippen LogP contribution in [0.15, 0.2) is 22.7 Å². The van der Waals surface area contributed by atoms with Crippen molar-refractivity contribution in [3.63, 3.8) is 0 Å². The highest BCUT2D eigenvalue weighted by atomic mass is 79.9. The molecule has 0 saturated carbocycles. The van der Waals surface area contributed by atoms with Crippen molar-refractivity contribution >= 4 is 33.4 Å². The lowest BCUT2D eigenvalue weighted by molar-refractivity contribution is 0.0142. The Morgan fingerprint density at radius 1 is 1.56 bits per heavy atom. The molecule has 0 spiro atoms. The highest BCUT2D eigenvalue weighted by molar-refractivity contribution is 9.10. The summed E-state index contributed by atoms with van der Waals surface area (Å²) in [5, 5.41) is 13.3. The quantitative estimate of drug-likeness (QED) is 0.888. The van der Waals surface area contributed by atoms with Crippen molar-refractivity contribution in [3.8, 4) is 0 Å². The average molecular weight is 335 g/mol. The second-order valence-electron chi connectivity index (χ2n) is 4.82. The van der Waals surface area contributed by atoms with Crippen LogP contribution in [0.1, 0.15) is 31.1 Å². The molecule has 5 heteroatoms. The summed E-state index contributed by atoms with van der Waals surface area (Å²) >= 11 is 9.10. The fourth-order valence-corrected chi connectivity index (χ4v) is 2.09. The molecule has 0 aromatic heterocycles. The van der Waals surface area contributed by atoms with Crippen LogP contribution >= 0.6 is 27.5 Å². The summed E-state index contributed by atoms with van der Waals surface area (Å²) in [6.45, 7) is 5.72. The topological polar surface area (TPSA) is 49.3 Å². The monoisotopic (exact) mass is 333 g/mol. The van der Waals surface area contributed by atoms with E-state index in [1.165, 1.54) is 0 Å². The number of halogens is 2. The van der Waals surface area contributed by atoms with Crippen molar-refractivity contribution in [3.05, 3.63) is 33.3 Å². The zero-order valence-electron chi connectivity index (χ0n) is 10.6. The first kappa shape index (κ1) is 15.5. The summed E-state index contributed by atoms with van der Waals surface area (Å²) in [6.07, 6.45) is 0. The van der Waals surface area contributed by atoms with E-state index in [1.807, 2.05) is 13.8 Å². The van der Waals surface area contributed by atoms with Gasteiger partial charge < -0.3 is 10.4 Å². The Hall–Kier alpha value is -0.580. The number of amides is 1. The first-order valence-electron chi connectivity index (χ1n) is 5.69. The third-order valence-corrected chi connectivity index (χ3v) is 3.92. The van der Waals surface area contributed by atoms with Crippen LogP contribution in [0.3, 0.4) is 0 Å². The number of carbonyl (C=O) groups is 1. The molecule has 0 aliphatic carbocycles. The SMILES string of the molecule is CC(C)[C@](C)(O)CNC(=O)c1ccc(Cl)cc1Br. The van der Waals surface area contributed by atoms with Gasteiger partial charge in [-0.15, -0.1) is 0 Å². The Kier molecular flexibility index (Phi) is 5.20. The minimum Gasteiger partial charge on any atom is -0.388 e. The molecule has 0 radical (unpaired) electrons. The molecule has 0 heterocycles. The minimum atomic E-state index is -0.922. The summed E-state index contributed by atoms with van der Waals surface area (Å²) in [5.74, 6) is -0.175. The highest BCUT2D eigenvalue weighted by Crippen LogP contribution is 2.22. The highest BCUT2D eigenvalue weighted by Gasteiger charge is 2.25. The predicted octanol–water partition coefficient (Wildman–Crippen LogP) is 3.24. The van der Waals surface area contributed by atoms with Gasteiger partial charge in [-0.2, -0.15) is 0 Å². The molecule has 1 atom stereocenters. The number of aliphatic hydroxyl groups is 1. The molecule has 100 valence electrons. The summed E-state index contributed by atoms with van der Waals surface area (Å²) in [7, 11) is 0. The molecular formula is C13H17BrClNO2. The summed E-state index contributed by atoms with van der Waals surface area (Å²) < 4.78 is 0.636. The molecule has 0 bridgehead atoms. The van der Waals surface area contributed by atoms with E-state index in [1.54, 1.807) is 25.1 Å². The largest absolute Gasteiger partial charge is 0.388 e. The standard InChI is InChI=1S/C13H17BrClNO2/c1-8(2)13(3,18)7-16-12(17)10-5-4-9(15)6-11(10)14/h4-6,8,18H,7H2,1-3H3,(H,16,17)/t13-/m1/s1. The fourth-order valence-electron chi connectivity index (χ4n) is 1.23. The minimum absolute atomic E-state index is 0.0615. The molecule has 0 fully saturated rings. The van der Waals surface area contributed by atoms with Crippen LogP contribution in [0.25, 0.3) is 0 Å². The van der Waals surface area contributed by atoms with Crippen LogP contribution in [0.5, 0.6) is 0 Å². The Balaban J connectivity index is 2.72. The average Bonchev–Trinajstić information content (AvgIpc) is 2.25. The van der Waals surface area contributed by atoms with Crippen molar-refractivity contribution in [1.82, 2.24) is 5.32 Å². The number of rotatable bonds is 4. The van der Waals surface area contributed by atoms with Crippen LogP contribution in [0.4, 0.5) is 0 Å². The Morgan fingerprint density at radius 3 is 2.67 bits per heavy atom. The lowest BCUT2D eigenvalue weighted by Crippen LogP contribution is -2.44. The molecule has 2 N–H and O–H groups in total. The number of hydrogen-bond acceptors (Lipinski definition) is 2. The Bertz CT molecular complexity index is 447. The van der Waals surface area contributed by atoms with E-state index >= 15 is 0 Å². The molecule has 0 aliphatic heterocycles. The van der Waals surface area contributed by atoms with Gasteiger partial charge in [0, 0.05) is 16.0 Å². The van der Waals surface area contributed by atoms with Gasteiger partial charge in [0.05, 0.1) is 11.2 Å². The van der Waals surface area contributed by atoms with Gasteiger partial charge in [0.25, 0.3) is 5.91 Å². The van der Waals surface area contributed by atoms with Gasteiger partial charge in [0.15, 0.2) is 0 Å². The first-order chi connectivity index (χ1) is 8.24. The molecule has 0 saturated heterocycles. The molecule has 1 rings (SSSR count). The lowest BCUT2D eigenvalue weighted by atomic mass is 9.92. The van der Waals surface area contributed by atoms with E-state index in [-0.39, 0.29) is 18.4 Å². The van der Waals surface area contributed by atoms with E-state index in [0.29, 0.717) is 15.1 Å². The van der Waals surface area contributed by atoms with Crippen molar-refractivity contribution in [2.45, 2.75) is 26.4 Å². The summed E-state index contributed by atoms with van der Waals surface area (Å²) in [4.78, 5) is 12.0. The van der Waals surface area contributed by atoms with Crippen LogP contribution in [-0.2, 0) is 0 Å². The normalized spacial score (nSPS) is 14.4. The van der Waals surface area contributed by atoms with Crippen LogP contribution < -0.4 is 5.32 Å². The molecule has 1 amide bonds. The Morgan fingerprint density at radius 2 is 2.17 bits per heavy atom. The maximum atomic E-state index is 12.0. The first-order valence-corrected chi connectivity index (χ1v) is 6.87. The van der Waals surface area contributed by atoms with Crippen molar-refractivity contribution in [2.24, 2.45) is 5.92 Å². The second-order valence-corrected chi connectivity index (χ2v) is 6.11. The third kappa shape index (κ3) is 3.97. The van der Waals surface area contributed by atoms with Gasteiger partial charge in [-0.25, -0.2) is 0 Å². The molecular weight excluding hydrogens is 318 g/mol. The van der Waals surface area contributed by atoms with E-state index in [4.69, 9.17) is 11.6 Å². The molecule has 18 heavy (non-hydrogen) atoms. The molecule has 1 aromatic carbocycles. The molecule has 1 aromatic rings. The fraction of sp³-hybridized carbons (Fsp3) is 0.462. The smallest absolute Gasteiger partial charge is 0.252 e. The summed E-state index contributed by atoms with van der Waals surface area (Å²) in [6, 6.07) is 4.96. The summed E-state index contributed by atoms with van der Waals surface area (Å²) in [5.41, 5.74) is -0.423. The van der Waals surface area contributed by atoms with Gasteiger partial charge in [-0.1, -0.05) is 25.4 Å². The lowest BCUT2D eigenvalue weighted by Gasteiger charge is -2.27. The van der Waals surface area contributed by atoms with E-state index in [9.17, 15) is 9.90 Å². The van der Waals surface area contributed by atoms with Gasteiger partial charge in [-0.3, -0.25) is 4.79 Å². The van der Waals surface area contributed by atoms with E-state index in [2.05, 4.69) is 21.2 Å². The molecule has 3 nitrogen and oxygen atoms in total. The van der Waals surface area contributed by atoms with Gasteiger partial charge in [0.2, 0.25) is 0 Å². The number of benzene rings is 1. The maximum absolute atomic E-state index is 12.0. The zero-order chi connectivity index (χ0) is 13.9. The zero-order valence-corrected chi connectivity index (χ0v) is 13.0. The van der Waals surface area contributed by atoms with E-state index in [0.717, 1.165) is 0 Å². The number of nitrogens with one attached hydrogen (secondary N) is 1. The predicted molar refractivity (Wildman–Crippen MR) is 76.9 cm³/mol. The number of carbonyl (C=O) groups excluding carboxylic acids is 1. The van der Waals surface area contributed by atoms with Gasteiger partial charge >= 0.3 is 0 Å². The van der Waals surface area contributed by atoms with Crippen LogP contribution in [0.2, 0.25) is 5.02 Å². The maximum Gasteiger partial charge on any atom is 0.252 e. The van der Waals surface area contributed by atoms with Crippen molar-refractivity contribution in [2.75, 3.05) is 6.54 Å². The van der Waals surface area contributed by atoms with Crippen LogP contribution in [-0.4, -0.2) is 23.2 Å². The third-order valence-electron chi connectivity index (χ3n) is 3.03. The van der Waals surface area contributed by atoms with Gasteiger partial charge in [0.1, 0.15) is 0 Å². The van der Waals surface area contributed by atoms with Gasteiger partial charge in [-0.05, 0) is 47.0 Å². The number of hydrogen-bond donors (Lipinski definition) is 2. The van der Waals surface area contributed by atoms with E-state index < -0.39 is 5.60 Å².